The highest BCUT2D eigenvalue weighted by atomic mass is 32.2. The lowest BCUT2D eigenvalue weighted by Gasteiger charge is -2.15. The van der Waals surface area contributed by atoms with E-state index >= 15 is 0 Å². The molecular formula is C21H15F6N3O5S. The number of anilines is 1. The second-order valence-corrected chi connectivity index (χ2v) is 9.29. The summed E-state index contributed by atoms with van der Waals surface area (Å²) >= 11 is 0. The topological polar surface area (TPSA) is 107 Å². The maximum atomic E-state index is 13.2. The fourth-order valence-corrected chi connectivity index (χ4v) is 3.46. The minimum atomic E-state index is -4.97. The normalized spacial score (nSPS) is 12.2. The Morgan fingerprint density at radius 3 is 2.25 bits per heavy atom. The van der Waals surface area contributed by atoms with E-state index in [4.69, 9.17) is 4.74 Å². The van der Waals surface area contributed by atoms with Crippen LogP contribution in [0.15, 0.2) is 53.4 Å². The number of halogens is 6. The van der Waals surface area contributed by atoms with E-state index in [2.05, 4.69) is 20.3 Å². The molecule has 1 heterocycles. The number of ether oxygens (including phenoxy) is 2. The third-order valence-corrected chi connectivity index (χ3v) is 5.51. The van der Waals surface area contributed by atoms with Gasteiger partial charge in [0.25, 0.3) is 11.8 Å². The predicted molar refractivity (Wildman–Crippen MR) is 112 cm³/mol. The second-order valence-electron chi connectivity index (χ2n) is 7.28. The summed E-state index contributed by atoms with van der Waals surface area (Å²) in [5.41, 5.74) is -2.22. The van der Waals surface area contributed by atoms with Gasteiger partial charge in [-0.2, -0.15) is 13.2 Å². The Kier molecular flexibility index (Phi) is 7.15. The van der Waals surface area contributed by atoms with Gasteiger partial charge >= 0.3 is 12.5 Å². The van der Waals surface area contributed by atoms with Crippen LogP contribution < -0.4 is 14.8 Å². The van der Waals surface area contributed by atoms with Gasteiger partial charge in [0.2, 0.25) is 0 Å². The van der Waals surface area contributed by atoms with Crippen molar-refractivity contribution in [3.63, 3.8) is 0 Å². The van der Waals surface area contributed by atoms with Crippen molar-refractivity contribution in [3.8, 4) is 17.4 Å². The molecule has 0 spiro atoms. The predicted octanol–water partition coefficient (Wildman–Crippen LogP) is 5.15. The summed E-state index contributed by atoms with van der Waals surface area (Å²) < 4.78 is 110. The van der Waals surface area contributed by atoms with Crippen LogP contribution in [0.5, 0.6) is 17.4 Å². The molecule has 0 aliphatic carbocycles. The number of carbonyl (C=O) groups is 1. The van der Waals surface area contributed by atoms with Crippen LogP contribution >= 0.6 is 0 Å². The molecular weight excluding hydrogens is 520 g/mol. The number of benzene rings is 2. The molecule has 1 amide bonds. The molecule has 3 aromatic rings. The zero-order valence-corrected chi connectivity index (χ0v) is 19.0. The molecule has 0 radical (unpaired) electrons. The highest BCUT2D eigenvalue weighted by Gasteiger charge is 2.35. The van der Waals surface area contributed by atoms with E-state index in [1.165, 1.54) is 25.1 Å². The third kappa shape index (κ3) is 6.84. The Balaban J connectivity index is 1.97. The van der Waals surface area contributed by atoms with Gasteiger partial charge in [0, 0.05) is 11.9 Å². The number of amides is 1. The number of hydrogen-bond donors (Lipinski definition) is 1. The summed E-state index contributed by atoms with van der Waals surface area (Å²) in [6.45, 7) is 1.33. The summed E-state index contributed by atoms with van der Waals surface area (Å²) in [7, 11) is -3.65. The third-order valence-electron chi connectivity index (χ3n) is 4.40. The summed E-state index contributed by atoms with van der Waals surface area (Å²) in [5, 5.41) is 8.59. The van der Waals surface area contributed by atoms with E-state index in [-0.39, 0.29) is 21.9 Å². The van der Waals surface area contributed by atoms with E-state index in [1.807, 2.05) is 0 Å². The molecule has 8 nitrogen and oxygen atoms in total. The van der Waals surface area contributed by atoms with Gasteiger partial charge in [-0.05, 0) is 55.0 Å². The Morgan fingerprint density at radius 2 is 1.67 bits per heavy atom. The van der Waals surface area contributed by atoms with Crippen LogP contribution in [0.1, 0.15) is 21.6 Å². The van der Waals surface area contributed by atoms with Crippen molar-refractivity contribution < 1.29 is 49.0 Å². The number of rotatable bonds is 6. The van der Waals surface area contributed by atoms with Gasteiger partial charge in [0.05, 0.1) is 4.90 Å². The summed E-state index contributed by atoms with van der Waals surface area (Å²) in [6.07, 6.45) is -8.99. The smallest absolute Gasteiger partial charge is 0.437 e. The number of hydrogen-bond acceptors (Lipinski definition) is 7. The van der Waals surface area contributed by atoms with E-state index in [0.29, 0.717) is 6.07 Å². The molecule has 1 aromatic heterocycles. The van der Waals surface area contributed by atoms with Gasteiger partial charge < -0.3 is 14.8 Å². The van der Waals surface area contributed by atoms with Crippen molar-refractivity contribution in [1.29, 1.82) is 0 Å². The van der Waals surface area contributed by atoms with Gasteiger partial charge in [-0.3, -0.25) is 4.79 Å². The molecule has 0 fully saturated rings. The van der Waals surface area contributed by atoms with Gasteiger partial charge in [0.1, 0.15) is 17.1 Å². The molecule has 0 bridgehead atoms. The molecule has 0 unspecified atom stereocenters. The molecule has 0 aliphatic heterocycles. The molecule has 0 saturated heterocycles. The number of carbonyl (C=O) groups excluding carboxylic acids is 1. The summed E-state index contributed by atoms with van der Waals surface area (Å²) in [4.78, 5) is 12.7. The molecule has 3 rings (SSSR count). The summed E-state index contributed by atoms with van der Waals surface area (Å²) in [6, 6.07) is 8.21. The molecule has 0 saturated carbocycles. The maximum absolute atomic E-state index is 13.2. The van der Waals surface area contributed by atoms with Crippen LogP contribution in [0.2, 0.25) is 0 Å². The van der Waals surface area contributed by atoms with E-state index in [9.17, 15) is 39.6 Å². The fraction of sp³-hybridized carbons (Fsp3) is 0.190. The minimum Gasteiger partial charge on any atom is -0.437 e. The number of aromatic nitrogens is 2. The lowest BCUT2D eigenvalue weighted by Crippen LogP contribution is -2.18. The first-order chi connectivity index (χ1) is 16.5. The quantitative estimate of drug-likeness (QED) is 0.435. The molecule has 15 heteroatoms. The van der Waals surface area contributed by atoms with E-state index in [0.717, 1.165) is 30.5 Å². The van der Waals surface area contributed by atoms with Gasteiger partial charge in [-0.25, -0.2) is 8.42 Å². The Hall–Kier alpha value is -3.88. The molecule has 36 heavy (non-hydrogen) atoms. The zero-order valence-electron chi connectivity index (χ0n) is 18.2. The lowest BCUT2D eigenvalue weighted by molar-refractivity contribution is -0.274. The first-order valence-electron chi connectivity index (χ1n) is 9.63. The van der Waals surface area contributed by atoms with E-state index in [1.54, 1.807) is 0 Å². The van der Waals surface area contributed by atoms with Crippen LogP contribution in [0.25, 0.3) is 0 Å². The van der Waals surface area contributed by atoms with Crippen LogP contribution in [0.4, 0.5) is 32.0 Å². The standard InChI is InChI=1S/C21H15F6N3O5S/c1-11-8-13(35-21(25,26)27)6-7-16(11)34-19-15(10-17(29-30-19)20(22,23)24)18(31)28-12-4-3-5-14(9-12)36(2,32)33/h3-10H,1-2H3,(H,28,31). The number of nitrogens with zero attached hydrogens (tertiary/aromatic N) is 2. The van der Waals surface area contributed by atoms with Crippen molar-refractivity contribution in [2.24, 2.45) is 0 Å². The summed E-state index contributed by atoms with van der Waals surface area (Å²) in [5.74, 6) is -2.56. The van der Waals surface area contributed by atoms with Gasteiger partial charge in [0.15, 0.2) is 15.5 Å². The van der Waals surface area contributed by atoms with Crippen molar-refractivity contribution >= 4 is 21.4 Å². The average molecular weight is 535 g/mol. The Bertz CT molecular complexity index is 1410. The molecule has 0 aliphatic rings. The monoisotopic (exact) mass is 535 g/mol. The minimum absolute atomic E-state index is 0.0518. The number of nitrogens with one attached hydrogen (secondary N) is 1. The van der Waals surface area contributed by atoms with Crippen molar-refractivity contribution in [1.82, 2.24) is 10.2 Å². The van der Waals surface area contributed by atoms with Crippen LogP contribution in [0.3, 0.4) is 0 Å². The van der Waals surface area contributed by atoms with Gasteiger partial charge in [-0.15, -0.1) is 23.4 Å². The molecule has 0 atom stereocenters. The number of aryl methyl sites for hydroxylation is 1. The van der Waals surface area contributed by atoms with Crippen molar-refractivity contribution in [2.45, 2.75) is 24.4 Å². The van der Waals surface area contributed by atoms with Crippen LogP contribution in [-0.2, 0) is 16.0 Å². The van der Waals surface area contributed by atoms with E-state index < -0.39 is 51.2 Å². The lowest BCUT2D eigenvalue weighted by atomic mass is 10.2. The fourth-order valence-electron chi connectivity index (χ4n) is 2.80. The molecule has 2 aromatic carbocycles. The van der Waals surface area contributed by atoms with Gasteiger partial charge in [-0.1, -0.05) is 6.07 Å². The average Bonchev–Trinajstić information content (AvgIpc) is 2.73. The Labute approximate surface area is 199 Å². The number of alkyl halides is 6. The van der Waals surface area contributed by atoms with Crippen LogP contribution in [-0.4, -0.2) is 37.1 Å². The van der Waals surface area contributed by atoms with Crippen molar-refractivity contribution in [3.05, 3.63) is 65.4 Å². The second kappa shape index (κ2) is 9.64. The van der Waals surface area contributed by atoms with Crippen molar-refractivity contribution in [2.75, 3.05) is 11.6 Å². The molecule has 1 N–H and O–H groups in total. The highest BCUT2D eigenvalue weighted by molar-refractivity contribution is 7.90. The largest absolute Gasteiger partial charge is 0.573 e. The highest BCUT2D eigenvalue weighted by Crippen LogP contribution is 2.34. The zero-order chi connectivity index (χ0) is 26.9. The first-order valence-corrected chi connectivity index (χ1v) is 11.5. The maximum Gasteiger partial charge on any atom is 0.573 e. The Morgan fingerprint density at radius 1 is 0.972 bits per heavy atom. The van der Waals surface area contributed by atoms with Crippen LogP contribution in [0, 0.1) is 6.92 Å². The number of sulfone groups is 1. The SMILES string of the molecule is Cc1cc(OC(F)(F)F)ccc1Oc1nnc(C(F)(F)F)cc1C(=O)Nc1cccc(S(C)(=O)=O)c1. The first kappa shape index (κ1) is 26.7. The molecule has 192 valence electrons.